The Hall–Kier alpha value is 0.540. The second-order valence-corrected chi connectivity index (χ2v) is 4.77. The molecule has 0 N–H and O–H groups in total. The normalized spacial score (nSPS) is 10.3. The number of rotatable bonds is 6. The molecule has 14 heavy (non-hydrogen) atoms. The van der Waals surface area contributed by atoms with Crippen molar-refractivity contribution in [1.29, 1.82) is 0 Å². The standard InChI is InChI=1S/C7H14Cl2.C4H10O/c1-6(2)4-3-5-7(8)9;1-3-5-4-2/h6-7H,3-5H2,1-2H3;3-4H2,1-2H3. The van der Waals surface area contributed by atoms with Gasteiger partial charge in [-0.25, -0.2) is 0 Å². The molecule has 0 fully saturated rings. The monoisotopic (exact) mass is 242 g/mol. The number of alkyl halides is 2. The maximum Gasteiger partial charge on any atom is 0.107 e. The van der Waals surface area contributed by atoms with Gasteiger partial charge < -0.3 is 4.74 Å². The molecule has 0 aromatic rings. The molecule has 0 spiro atoms. The van der Waals surface area contributed by atoms with E-state index in [4.69, 9.17) is 27.9 Å². The molecule has 0 aliphatic heterocycles. The van der Waals surface area contributed by atoms with Gasteiger partial charge in [-0.1, -0.05) is 26.7 Å². The van der Waals surface area contributed by atoms with Gasteiger partial charge in [-0.05, 0) is 26.2 Å². The van der Waals surface area contributed by atoms with Crippen molar-refractivity contribution in [3.05, 3.63) is 0 Å². The van der Waals surface area contributed by atoms with Crippen molar-refractivity contribution in [3.63, 3.8) is 0 Å². The highest BCUT2D eigenvalue weighted by Gasteiger charge is 1.99. The van der Waals surface area contributed by atoms with Crippen molar-refractivity contribution in [2.75, 3.05) is 13.2 Å². The molecule has 0 heterocycles. The summed E-state index contributed by atoms with van der Waals surface area (Å²) in [5, 5.41) is 0. The third-order valence-corrected chi connectivity index (χ3v) is 2.05. The number of hydrogen-bond donors (Lipinski definition) is 0. The largest absolute Gasteiger partial charge is 0.382 e. The molecule has 0 aromatic carbocycles. The Morgan fingerprint density at radius 2 is 1.50 bits per heavy atom. The molecular weight excluding hydrogens is 219 g/mol. The van der Waals surface area contributed by atoms with Gasteiger partial charge in [0.2, 0.25) is 0 Å². The van der Waals surface area contributed by atoms with Gasteiger partial charge in [0, 0.05) is 13.2 Å². The third-order valence-electron chi connectivity index (χ3n) is 1.61. The first-order valence-corrected chi connectivity index (χ1v) is 6.27. The first kappa shape index (κ1) is 17.0. The van der Waals surface area contributed by atoms with E-state index in [9.17, 15) is 0 Å². The number of halogens is 2. The molecule has 0 amide bonds. The summed E-state index contributed by atoms with van der Waals surface area (Å²) in [4.78, 5) is -0.163. The summed E-state index contributed by atoms with van der Waals surface area (Å²) in [6, 6.07) is 0. The van der Waals surface area contributed by atoms with Crippen molar-refractivity contribution in [2.24, 2.45) is 5.92 Å². The minimum atomic E-state index is -0.163. The van der Waals surface area contributed by atoms with E-state index in [0.29, 0.717) is 0 Å². The Morgan fingerprint density at radius 1 is 1.00 bits per heavy atom. The van der Waals surface area contributed by atoms with Crippen molar-refractivity contribution in [3.8, 4) is 0 Å². The van der Waals surface area contributed by atoms with Crippen molar-refractivity contribution in [2.45, 2.75) is 51.8 Å². The van der Waals surface area contributed by atoms with E-state index in [0.717, 1.165) is 32.0 Å². The second-order valence-electron chi connectivity index (χ2n) is 3.50. The average molecular weight is 243 g/mol. The topological polar surface area (TPSA) is 9.23 Å². The summed E-state index contributed by atoms with van der Waals surface area (Å²) in [5.74, 6) is 0.775. The van der Waals surface area contributed by atoms with Crippen LogP contribution in [-0.4, -0.2) is 18.1 Å². The second kappa shape index (κ2) is 13.5. The fourth-order valence-corrected chi connectivity index (χ4v) is 1.19. The van der Waals surface area contributed by atoms with Gasteiger partial charge in [0.15, 0.2) is 0 Å². The van der Waals surface area contributed by atoms with Crippen LogP contribution in [0.25, 0.3) is 0 Å². The Balaban J connectivity index is 0. The molecule has 0 unspecified atom stereocenters. The van der Waals surface area contributed by atoms with E-state index in [1.807, 2.05) is 13.8 Å². The molecule has 1 nitrogen and oxygen atoms in total. The summed E-state index contributed by atoms with van der Waals surface area (Å²) >= 11 is 11.1. The molecule has 0 saturated carbocycles. The van der Waals surface area contributed by atoms with Crippen LogP contribution >= 0.6 is 23.2 Å². The zero-order chi connectivity index (χ0) is 11.4. The summed E-state index contributed by atoms with van der Waals surface area (Å²) in [7, 11) is 0. The fraction of sp³-hybridized carbons (Fsp3) is 1.00. The van der Waals surface area contributed by atoms with E-state index in [1.165, 1.54) is 6.42 Å². The zero-order valence-corrected chi connectivity index (χ0v) is 11.4. The van der Waals surface area contributed by atoms with E-state index in [1.54, 1.807) is 0 Å². The minimum absolute atomic E-state index is 0.163. The molecule has 3 heteroatoms. The van der Waals surface area contributed by atoms with E-state index < -0.39 is 0 Å². The van der Waals surface area contributed by atoms with Crippen LogP contribution < -0.4 is 0 Å². The van der Waals surface area contributed by atoms with Gasteiger partial charge in [0.1, 0.15) is 4.84 Å². The van der Waals surface area contributed by atoms with Crippen LogP contribution in [0.1, 0.15) is 47.0 Å². The van der Waals surface area contributed by atoms with E-state index >= 15 is 0 Å². The van der Waals surface area contributed by atoms with Crippen LogP contribution in [0, 0.1) is 5.92 Å². The minimum Gasteiger partial charge on any atom is -0.382 e. The molecule has 0 bridgehead atoms. The molecule has 88 valence electrons. The van der Waals surface area contributed by atoms with Crippen LogP contribution in [0.3, 0.4) is 0 Å². The molecule has 0 aliphatic rings. The van der Waals surface area contributed by atoms with Crippen LogP contribution in [-0.2, 0) is 4.74 Å². The van der Waals surface area contributed by atoms with Gasteiger partial charge in [-0.3, -0.25) is 0 Å². The van der Waals surface area contributed by atoms with Crippen LogP contribution in [0.4, 0.5) is 0 Å². The maximum absolute atomic E-state index is 5.53. The predicted molar refractivity (Wildman–Crippen MR) is 66.4 cm³/mol. The summed E-state index contributed by atoms with van der Waals surface area (Å²) < 4.78 is 4.83. The highest BCUT2D eigenvalue weighted by Crippen LogP contribution is 2.14. The number of hydrogen-bond acceptors (Lipinski definition) is 1. The quantitative estimate of drug-likeness (QED) is 0.616. The molecule has 0 rings (SSSR count). The first-order valence-electron chi connectivity index (χ1n) is 5.40. The van der Waals surface area contributed by atoms with Gasteiger partial charge >= 0.3 is 0 Å². The lowest BCUT2D eigenvalue weighted by Crippen LogP contribution is -1.91. The summed E-state index contributed by atoms with van der Waals surface area (Å²) in [5.41, 5.74) is 0. The maximum atomic E-state index is 5.53. The highest BCUT2D eigenvalue weighted by atomic mass is 35.5. The SMILES string of the molecule is CC(C)CCCC(Cl)Cl.CCOCC. The molecule has 0 radical (unpaired) electrons. The smallest absolute Gasteiger partial charge is 0.107 e. The highest BCUT2D eigenvalue weighted by molar-refractivity contribution is 6.44. The van der Waals surface area contributed by atoms with Crippen LogP contribution in [0.5, 0.6) is 0 Å². The Bertz CT molecular complexity index is 85.3. The Labute approximate surface area is 99.1 Å². The van der Waals surface area contributed by atoms with Crippen LogP contribution in [0.2, 0.25) is 0 Å². The lowest BCUT2D eigenvalue weighted by atomic mass is 10.1. The molecule has 0 saturated heterocycles. The summed E-state index contributed by atoms with van der Waals surface area (Å²) in [6.45, 7) is 10.1. The van der Waals surface area contributed by atoms with E-state index in [2.05, 4.69) is 13.8 Å². The third kappa shape index (κ3) is 22.9. The lowest BCUT2D eigenvalue weighted by Gasteiger charge is -2.03. The van der Waals surface area contributed by atoms with Gasteiger partial charge in [0.25, 0.3) is 0 Å². The van der Waals surface area contributed by atoms with Crippen molar-refractivity contribution in [1.82, 2.24) is 0 Å². The Kier molecular flexibility index (Phi) is 16.4. The van der Waals surface area contributed by atoms with E-state index in [-0.39, 0.29) is 4.84 Å². The molecular formula is C11H24Cl2O. The first-order chi connectivity index (χ1) is 6.54. The molecule has 0 aliphatic carbocycles. The molecule has 0 atom stereocenters. The van der Waals surface area contributed by atoms with Gasteiger partial charge in [-0.2, -0.15) is 0 Å². The van der Waals surface area contributed by atoms with Crippen LogP contribution in [0.15, 0.2) is 0 Å². The van der Waals surface area contributed by atoms with Crippen molar-refractivity contribution < 1.29 is 4.74 Å². The fourth-order valence-electron chi connectivity index (χ4n) is 0.885. The summed E-state index contributed by atoms with van der Waals surface area (Å²) in [6.07, 6.45) is 3.31. The lowest BCUT2D eigenvalue weighted by molar-refractivity contribution is 0.162. The Morgan fingerprint density at radius 3 is 1.71 bits per heavy atom. The molecule has 0 aromatic heterocycles. The average Bonchev–Trinajstić information content (AvgIpc) is 2.05. The van der Waals surface area contributed by atoms with Gasteiger partial charge in [0.05, 0.1) is 0 Å². The van der Waals surface area contributed by atoms with Gasteiger partial charge in [-0.15, -0.1) is 23.2 Å². The van der Waals surface area contributed by atoms with Crippen molar-refractivity contribution >= 4 is 23.2 Å². The number of ether oxygens (including phenoxy) is 1. The zero-order valence-electron chi connectivity index (χ0n) is 9.85. The predicted octanol–water partition coefficient (Wildman–Crippen LogP) is 4.66.